The van der Waals surface area contributed by atoms with Crippen molar-refractivity contribution in [1.82, 2.24) is 5.32 Å². The summed E-state index contributed by atoms with van der Waals surface area (Å²) in [5, 5.41) is 12.4. The van der Waals surface area contributed by atoms with E-state index in [0.29, 0.717) is 5.56 Å². The van der Waals surface area contributed by atoms with Crippen LogP contribution in [0.3, 0.4) is 0 Å². The van der Waals surface area contributed by atoms with Gasteiger partial charge in [0, 0.05) is 17.4 Å². The van der Waals surface area contributed by atoms with Crippen LogP contribution in [0, 0.1) is 0 Å². The van der Waals surface area contributed by atoms with E-state index in [1.54, 1.807) is 12.1 Å². The van der Waals surface area contributed by atoms with Gasteiger partial charge in [0.15, 0.2) is 0 Å². The number of amidine groups is 1. The number of phenolic OH excluding ortho intramolecular Hbond substituents is 1. The molecule has 0 saturated carbocycles. The molecule has 5 aromatic carbocycles. The predicted molar refractivity (Wildman–Crippen MR) is 168 cm³/mol. The monoisotopic (exact) mass is 580 g/mol. The second-order valence-corrected chi connectivity index (χ2v) is 10.8. The van der Waals surface area contributed by atoms with Crippen LogP contribution in [0.4, 0.5) is 9.59 Å². The molecule has 216 valence electrons. The highest BCUT2D eigenvalue weighted by Gasteiger charge is 2.30. The molecule has 0 saturated heterocycles. The number of nitrogens with zero attached hydrogens (tertiary/aromatic N) is 1. The van der Waals surface area contributed by atoms with E-state index < -0.39 is 12.2 Å². The summed E-state index contributed by atoms with van der Waals surface area (Å²) in [6.45, 7) is 0.192. The molecule has 0 fully saturated rings. The number of carbonyl (C=O) groups is 2. The molecular weight excluding hydrogens is 552 g/mol. The third-order valence-electron chi connectivity index (χ3n) is 8.24. The van der Waals surface area contributed by atoms with Crippen LogP contribution in [-0.4, -0.2) is 36.3 Å². The minimum absolute atomic E-state index is 0.0374. The summed E-state index contributed by atoms with van der Waals surface area (Å²) in [5.74, 6) is -0.257. The first kappa shape index (κ1) is 27.2. The van der Waals surface area contributed by atoms with Crippen LogP contribution in [-0.2, 0) is 9.47 Å². The smallest absolute Gasteiger partial charge is 0.435 e. The molecule has 2 aliphatic carbocycles. The third-order valence-corrected chi connectivity index (χ3v) is 8.24. The first-order valence-corrected chi connectivity index (χ1v) is 14.4. The topological polar surface area (TPSA) is 97.2 Å². The first-order chi connectivity index (χ1) is 21.6. The minimum Gasteiger partial charge on any atom is -0.508 e. The molecule has 7 nitrogen and oxygen atoms in total. The number of aromatic hydroxyl groups is 1. The summed E-state index contributed by atoms with van der Waals surface area (Å²) in [6, 6.07) is 38.3. The van der Waals surface area contributed by atoms with Gasteiger partial charge < -0.3 is 14.6 Å². The Morgan fingerprint density at radius 3 is 1.45 bits per heavy atom. The van der Waals surface area contributed by atoms with Crippen molar-refractivity contribution >= 4 is 18.0 Å². The Kier molecular flexibility index (Phi) is 7.12. The van der Waals surface area contributed by atoms with Gasteiger partial charge in [0.2, 0.25) is 0 Å². The van der Waals surface area contributed by atoms with Gasteiger partial charge in [-0.25, -0.2) is 9.59 Å². The number of amides is 2. The van der Waals surface area contributed by atoms with E-state index in [-0.39, 0.29) is 36.6 Å². The number of benzene rings is 5. The number of phenols is 1. The lowest BCUT2D eigenvalue weighted by molar-refractivity contribution is 0.148. The van der Waals surface area contributed by atoms with E-state index in [1.165, 1.54) is 12.1 Å². The summed E-state index contributed by atoms with van der Waals surface area (Å²) in [5.41, 5.74) is 9.24. The van der Waals surface area contributed by atoms with Gasteiger partial charge in [0.1, 0.15) is 24.8 Å². The Morgan fingerprint density at radius 2 is 1.00 bits per heavy atom. The minimum atomic E-state index is -0.853. The summed E-state index contributed by atoms with van der Waals surface area (Å²) >= 11 is 0. The maximum absolute atomic E-state index is 13.1. The van der Waals surface area contributed by atoms with Gasteiger partial charge in [-0.05, 0) is 68.8 Å². The maximum atomic E-state index is 13.1. The SMILES string of the molecule is O=C(/N=C(\NC(=O)OCC1c2ccccc2-c2ccccc21)c1ccc(O)cc1)OCC1c2ccccc2-c2ccccc21. The standard InChI is InChI=1S/C37H28N2O5/c40-24-19-17-23(18-20-24)35(38-36(41)43-21-33-29-13-5-1-9-25(29)26-10-2-6-14-30(26)33)39-37(42)44-22-34-31-15-7-3-11-27(31)28-12-4-8-16-32(28)34/h1-20,33-34,40H,21-22H2,(H,38,39,41,42). The Morgan fingerprint density at radius 1 is 0.591 bits per heavy atom. The maximum Gasteiger partial charge on any atom is 0.435 e. The number of aliphatic imine (C=N–C) groups is 1. The summed E-state index contributed by atoms with van der Waals surface area (Å²) in [7, 11) is 0. The van der Waals surface area contributed by atoms with Gasteiger partial charge in [-0.3, -0.25) is 5.32 Å². The Labute approximate surface area is 254 Å². The molecular formula is C37H28N2O5. The van der Waals surface area contributed by atoms with Gasteiger partial charge in [-0.15, -0.1) is 0 Å². The molecule has 7 rings (SSSR count). The summed E-state index contributed by atoms with van der Waals surface area (Å²) in [4.78, 5) is 30.2. The van der Waals surface area contributed by atoms with E-state index in [9.17, 15) is 14.7 Å². The molecule has 0 bridgehead atoms. The van der Waals surface area contributed by atoms with Crippen molar-refractivity contribution in [3.05, 3.63) is 149 Å². The molecule has 5 aromatic rings. The number of carbonyl (C=O) groups excluding carboxylic acids is 2. The molecule has 0 aromatic heterocycles. The zero-order valence-electron chi connectivity index (χ0n) is 23.6. The Balaban J connectivity index is 1.07. The highest BCUT2D eigenvalue weighted by atomic mass is 16.6. The molecule has 2 aliphatic rings. The third kappa shape index (κ3) is 5.09. The van der Waals surface area contributed by atoms with Crippen LogP contribution in [0.5, 0.6) is 5.75 Å². The number of nitrogens with one attached hydrogen (secondary N) is 1. The second-order valence-electron chi connectivity index (χ2n) is 10.8. The van der Waals surface area contributed by atoms with Crippen LogP contribution >= 0.6 is 0 Å². The highest BCUT2D eigenvalue weighted by Crippen LogP contribution is 2.45. The molecule has 44 heavy (non-hydrogen) atoms. The van der Waals surface area contributed by atoms with Crippen molar-refractivity contribution in [3.63, 3.8) is 0 Å². The number of rotatable bonds is 5. The molecule has 0 atom stereocenters. The summed E-state index contributed by atoms with van der Waals surface area (Å²) < 4.78 is 11.3. The van der Waals surface area contributed by atoms with Crippen LogP contribution in [0.2, 0.25) is 0 Å². The summed E-state index contributed by atoms with van der Waals surface area (Å²) in [6.07, 6.45) is -1.61. The Hall–Kier alpha value is -5.69. The van der Waals surface area contributed by atoms with Crippen LogP contribution in [0.15, 0.2) is 126 Å². The molecule has 0 unspecified atom stereocenters. The molecule has 7 heteroatoms. The number of fused-ring (bicyclic) bond motifs is 6. The van der Waals surface area contributed by atoms with Crippen LogP contribution in [0.25, 0.3) is 22.3 Å². The fraction of sp³-hybridized carbons (Fsp3) is 0.108. The average Bonchev–Trinajstić information content (AvgIpc) is 3.55. The molecule has 0 spiro atoms. The van der Waals surface area contributed by atoms with Crippen molar-refractivity contribution in [2.45, 2.75) is 11.8 Å². The van der Waals surface area contributed by atoms with Crippen molar-refractivity contribution in [2.24, 2.45) is 4.99 Å². The van der Waals surface area contributed by atoms with Gasteiger partial charge in [-0.2, -0.15) is 4.99 Å². The number of ether oxygens (including phenoxy) is 2. The number of alkyl carbamates (subject to hydrolysis) is 1. The normalized spacial score (nSPS) is 13.4. The van der Waals surface area contributed by atoms with Crippen LogP contribution in [0.1, 0.15) is 39.7 Å². The Bertz CT molecular complexity index is 1820. The van der Waals surface area contributed by atoms with Crippen molar-refractivity contribution in [2.75, 3.05) is 13.2 Å². The predicted octanol–water partition coefficient (Wildman–Crippen LogP) is 7.63. The fourth-order valence-electron chi connectivity index (χ4n) is 6.23. The first-order valence-electron chi connectivity index (χ1n) is 14.4. The van der Waals surface area contributed by atoms with Crippen molar-refractivity contribution in [3.8, 4) is 28.0 Å². The number of hydrogen-bond donors (Lipinski definition) is 2. The average molecular weight is 581 g/mol. The van der Waals surface area contributed by atoms with Crippen molar-refractivity contribution < 1.29 is 24.2 Å². The van der Waals surface area contributed by atoms with Gasteiger partial charge >= 0.3 is 12.2 Å². The second kappa shape index (κ2) is 11.5. The van der Waals surface area contributed by atoms with E-state index >= 15 is 0 Å². The van der Waals surface area contributed by atoms with Gasteiger partial charge in [-0.1, -0.05) is 97.1 Å². The number of hydrogen-bond acceptors (Lipinski definition) is 5. The molecule has 2 N–H and O–H groups in total. The van der Waals surface area contributed by atoms with E-state index in [2.05, 4.69) is 34.6 Å². The van der Waals surface area contributed by atoms with E-state index in [0.717, 1.165) is 44.5 Å². The molecule has 0 radical (unpaired) electrons. The lowest BCUT2D eigenvalue weighted by Crippen LogP contribution is -2.33. The highest BCUT2D eigenvalue weighted by molar-refractivity contribution is 6.10. The molecule has 0 aliphatic heterocycles. The lowest BCUT2D eigenvalue weighted by atomic mass is 9.98. The van der Waals surface area contributed by atoms with Gasteiger partial charge in [0.25, 0.3) is 0 Å². The zero-order valence-corrected chi connectivity index (χ0v) is 23.6. The lowest BCUT2D eigenvalue weighted by Gasteiger charge is -2.16. The zero-order chi connectivity index (χ0) is 30.0. The van der Waals surface area contributed by atoms with E-state index in [1.807, 2.05) is 72.8 Å². The molecule has 2 amide bonds. The largest absolute Gasteiger partial charge is 0.508 e. The quantitative estimate of drug-likeness (QED) is 0.165. The fourth-order valence-corrected chi connectivity index (χ4v) is 6.23. The van der Waals surface area contributed by atoms with Gasteiger partial charge in [0.05, 0.1) is 0 Å². The van der Waals surface area contributed by atoms with Crippen molar-refractivity contribution in [1.29, 1.82) is 0 Å². The van der Waals surface area contributed by atoms with E-state index in [4.69, 9.17) is 9.47 Å². The van der Waals surface area contributed by atoms with Crippen LogP contribution < -0.4 is 5.32 Å². The molecule has 0 heterocycles.